The highest BCUT2D eigenvalue weighted by molar-refractivity contribution is 5.86. The lowest BCUT2D eigenvalue weighted by molar-refractivity contribution is 0.436. The molecule has 0 aromatic rings. The molecule has 4 heteroatoms. The largest absolute Gasteiger partial charge is 0.374 e. The molecule has 0 fully saturated rings. The fraction of sp³-hybridized carbons (Fsp3) is 0.429. The Morgan fingerprint density at radius 3 is 2.09 bits per heavy atom. The van der Waals surface area contributed by atoms with Crippen molar-refractivity contribution in [3.63, 3.8) is 0 Å². The van der Waals surface area contributed by atoms with Crippen LogP contribution in [0.5, 0.6) is 0 Å². The number of rotatable bonds is 1. The molecule has 0 radical (unpaired) electrons. The van der Waals surface area contributed by atoms with Crippen molar-refractivity contribution in [2.75, 3.05) is 13.1 Å². The van der Waals surface area contributed by atoms with Crippen molar-refractivity contribution in [3.05, 3.63) is 24.4 Å². The molecule has 1 rings (SSSR count). The summed E-state index contributed by atoms with van der Waals surface area (Å²) in [4.78, 5) is 2.25. The SMILES string of the molecule is CCN1C=CC=CC1.Cl.Cl.Cl. The monoisotopic (exact) mass is 217 g/mol. The van der Waals surface area contributed by atoms with Crippen LogP contribution in [0.4, 0.5) is 0 Å². The topological polar surface area (TPSA) is 3.24 Å². The Kier molecular flexibility index (Phi) is 16.0. The van der Waals surface area contributed by atoms with Crippen molar-refractivity contribution in [2.24, 2.45) is 0 Å². The van der Waals surface area contributed by atoms with Gasteiger partial charge in [-0.25, -0.2) is 0 Å². The van der Waals surface area contributed by atoms with Crippen molar-refractivity contribution in [2.45, 2.75) is 6.92 Å². The molecule has 1 nitrogen and oxygen atoms in total. The molecule has 0 saturated carbocycles. The molecule has 11 heavy (non-hydrogen) atoms. The van der Waals surface area contributed by atoms with Gasteiger partial charge in [0.2, 0.25) is 0 Å². The quantitative estimate of drug-likeness (QED) is 0.654. The molecule has 0 amide bonds. The van der Waals surface area contributed by atoms with Crippen LogP contribution in [0.25, 0.3) is 0 Å². The molecule has 1 heterocycles. The summed E-state index contributed by atoms with van der Waals surface area (Å²) >= 11 is 0. The van der Waals surface area contributed by atoms with Gasteiger partial charge in [0.15, 0.2) is 0 Å². The Morgan fingerprint density at radius 2 is 1.82 bits per heavy atom. The van der Waals surface area contributed by atoms with Gasteiger partial charge in [-0.15, -0.1) is 37.2 Å². The molecule has 68 valence electrons. The van der Waals surface area contributed by atoms with Crippen molar-refractivity contribution in [3.8, 4) is 0 Å². The predicted molar refractivity (Wildman–Crippen MR) is 57.3 cm³/mol. The van der Waals surface area contributed by atoms with Gasteiger partial charge in [0, 0.05) is 13.1 Å². The third-order valence-corrected chi connectivity index (χ3v) is 1.29. The summed E-state index contributed by atoms with van der Waals surface area (Å²) in [5.41, 5.74) is 0. The highest BCUT2D eigenvalue weighted by atomic mass is 35.5. The van der Waals surface area contributed by atoms with Crippen LogP contribution in [0, 0.1) is 0 Å². The second kappa shape index (κ2) is 10.2. The van der Waals surface area contributed by atoms with Crippen molar-refractivity contribution >= 4 is 37.2 Å². The Morgan fingerprint density at radius 1 is 1.18 bits per heavy atom. The van der Waals surface area contributed by atoms with Crippen LogP contribution >= 0.6 is 37.2 Å². The molecule has 0 saturated heterocycles. The van der Waals surface area contributed by atoms with Crippen molar-refractivity contribution in [1.29, 1.82) is 0 Å². The van der Waals surface area contributed by atoms with Crippen LogP contribution in [0.2, 0.25) is 0 Å². The van der Waals surface area contributed by atoms with Crippen molar-refractivity contribution < 1.29 is 0 Å². The highest BCUT2D eigenvalue weighted by Gasteiger charge is 1.91. The summed E-state index contributed by atoms with van der Waals surface area (Å²) in [6, 6.07) is 0. The molecule has 0 aromatic heterocycles. The average Bonchev–Trinajstić information content (AvgIpc) is 1.90. The van der Waals surface area contributed by atoms with E-state index < -0.39 is 0 Å². The average molecular weight is 219 g/mol. The molecular weight excluding hydrogens is 204 g/mol. The van der Waals surface area contributed by atoms with Crippen LogP contribution in [0.3, 0.4) is 0 Å². The Bertz CT molecular complexity index is 123. The summed E-state index contributed by atoms with van der Waals surface area (Å²) in [7, 11) is 0. The molecule has 0 aliphatic carbocycles. The maximum absolute atomic E-state index is 2.25. The second-order valence-electron chi connectivity index (χ2n) is 1.86. The zero-order valence-corrected chi connectivity index (χ0v) is 8.85. The Labute approximate surface area is 86.8 Å². The molecular formula is C7H14Cl3N. The normalized spacial score (nSPS) is 12.6. The molecule has 0 spiro atoms. The van der Waals surface area contributed by atoms with Crippen LogP contribution in [-0.4, -0.2) is 18.0 Å². The molecule has 1 aliphatic rings. The fourth-order valence-electron chi connectivity index (χ4n) is 0.742. The van der Waals surface area contributed by atoms with Gasteiger partial charge in [-0.05, 0) is 19.2 Å². The molecule has 0 aromatic carbocycles. The smallest absolute Gasteiger partial charge is 0.0356 e. The predicted octanol–water partition coefficient (Wildman–Crippen LogP) is 2.66. The molecule has 0 N–H and O–H groups in total. The van der Waals surface area contributed by atoms with Gasteiger partial charge in [0.1, 0.15) is 0 Å². The number of hydrogen-bond donors (Lipinski definition) is 0. The number of nitrogens with zero attached hydrogens (tertiary/aromatic N) is 1. The summed E-state index contributed by atoms with van der Waals surface area (Å²) in [5, 5.41) is 0. The molecule has 0 atom stereocenters. The summed E-state index contributed by atoms with van der Waals surface area (Å²) < 4.78 is 0. The first-order valence-electron chi connectivity index (χ1n) is 3.01. The van der Waals surface area contributed by atoms with Gasteiger partial charge < -0.3 is 4.90 Å². The van der Waals surface area contributed by atoms with Crippen LogP contribution < -0.4 is 0 Å². The van der Waals surface area contributed by atoms with Gasteiger partial charge >= 0.3 is 0 Å². The summed E-state index contributed by atoms with van der Waals surface area (Å²) in [5.74, 6) is 0. The van der Waals surface area contributed by atoms with E-state index in [-0.39, 0.29) is 37.2 Å². The molecule has 0 bridgehead atoms. The fourth-order valence-corrected chi connectivity index (χ4v) is 0.742. The molecule has 1 aliphatic heterocycles. The lowest BCUT2D eigenvalue weighted by atomic mass is 10.3. The van der Waals surface area contributed by atoms with E-state index >= 15 is 0 Å². The summed E-state index contributed by atoms with van der Waals surface area (Å²) in [6.07, 6.45) is 8.41. The first-order chi connectivity index (χ1) is 3.93. The minimum Gasteiger partial charge on any atom is -0.374 e. The van der Waals surface area contributed by atoms with Gasteiger partial charge in [-0.3, -0.25) is 0 Å². The lowest BCUT2D eigenvalue weighted by Crippen LogP contribution is -2.17. The van der Waals surface area contributed by atoms with E-state index in [2.05, 4.69) is 36.3 Å². The lowest BCUT2D eigenvalue weighted by Gasteiger charge is -2.16. The number of allylic oxidation sites excluding steroid dienone is 2. The van der Waals surface area contributed by atoms with E-state index in [1.165, 1.54) is 0 Å². The van der Waals surface area contributed by atoms with Crippen LogP contribution in [-0.2, 0) is 0 Å². The van der Waals surface area contributed by atoms with E-state index in [1.807, 2.05) is 0 Å². The molecule has 0 unspecified atom stereocenters. The third kappa shape index (κ3) is 6.54. The van der Waals surface area contributed by atoms with E-state index in [0.29, 0.717) is 0 Å². The standard InChI is InChI=1S/C7H11N.3ClH/c1-2-8-6-4-3-5-7-8;;;/h3-6H,2,7H2,1H3;3*1H. The number of hydrogen-bond acceptors (Lipinski definition) is 1. The van der Waals surface area contributed by atoms with E-state index in [4.69, 9.17) is 0 Å². The maximum atomic E-state index is 2.25. The minimum atomic E-state index is 0. The van der Waals surface area contributed by atoms with Gasteiger partial charge in [0.25, 0.3) is 0 Å². The Balaban J connectivity index is -0.000000213. The van der Waals surface area contributed by atoms with Crippen molar-refractivity contribution in [1.82, 2.24) is 4.90 Å². The van der Waals surface area contributed by atoms with Gasteiger partial charge in [-0.2, -0.15) is 0 Å². The van der Waals surface area contributed by atoms with Gasteiger partial charge in [0.05, 0.1) is 0 Å². The third-order valence-electron chi connectivity index (χ3n) is 1.29. The van der Waals surface area contributed by atoms with E-state index in [0.717, 1.165) is 13.1 Å². The number of likely N-dealkylation sites (N-methyl/N-ethyl adjacent to an activating group) is 1. The minimum absolute atomic E-state index is 0. The number of halogens is 3. The van der Waals surface area contributed by atoms with E-state index in [9.17, 15) is 0 Å². The maximum Gasteiger partial charge on any atom is 0.0356 e. The zero-order chi connectivity index (χ0) is 5.82. The first kappa shape index (κ1) is 17.3. The van der Waals surface area contributed by atoms with Crippen LogP contribution in [0.15, 0.2) is 24.4 Å². The zero-order valence-electron chi connectivity index (χ0n) is 6.40. The first-order valence-corrected chi connectivity index (χ1v) is 3.01. The van der Waals surface area contributed by atoms with Gasteiger partial charge in [-0.1, -0.05) is 12.2 Å². The Hall–Kier alpha value is 0.150. The highest BCUT2D eigenvalue weighted by Crippen LogP contribution is 1.95. The summed E-state index contributed by atoms with van der Waals surface area (Å²) in [6.45, 7) is 4.34. The van der Waals surface area contributed by atoms with Crippen LogP contribution in [0.1, 0.15) is 6.92 Å². The van der Waals surface area contributed by atoms with E-state index in [1.54, 1.807) is 0 Å². The second-order valence-corrected chi connectivity index (χ2v) is 1.86.